The van der Waals surface area contributed by atoms with E-state index >= 15 is 0 Å². The SMILES string of the molecule is CN1Cc2c(Cl)cccc2C(c2cccc(S(=O)O)c2)C1. The number of rotatable bonds is 2. The Kier molecular flexibility index (Phi) is 4.13. The number of benzene rings is 2. The van der Waals surface area contributed by atoms with Gasteiger partial charge >= 0.3 is 0 Å². The van der Waals surface area contributed by atoms with Crippen LogP contribution in [0.15, 0.2) is 47.4 Å². The molecule has 3 rings (SSSR count). The van der Waals surface area contributed by atoms with Crippen molar-refractivity contribution >= 4 is 22.7 Å². The molecule has 2 aromatic rings. The van der Waals surface area contributed by atoms with Gasteiger partial charge in [0.15, 0.2) is 11.1 Å². The summed E-state index contributed by atoms with van der Waals surface area (Å²) in [4.78, 5) is 2.66. The van der Waals surface area contributed by atoms with Crippen molar-refractivity contribution in [2.24, 2.45) is 0 Å². The van der Waals surface area contributed by atoms with Crippen molar-refractivity contribution < 1.29 is 8.76 Å². The minimum atomic E-state index is -1.95. The van der Waals surface area contributed by atoms with E-state index in [0.717, 1.165) is 29.2 Å². The number of hydrogen-bond donors (Lipinski definition) is 1. The second-order valence-corrected chi connectivity index (χ2v) is 6.76. The van der Waals surface area contributed by atoms with Gasteiger partial charge < -0.3 is 9.45 Å². The minimum absolute atomic E-state index is 0.168. The summed E-state index contributed by atoms with van der Waals surface area (Å²) >= 11 is 4.37. The normalized spacial score (nSPS) is 20.0. The summed E-state index contributed by atoms with van der Waals surface area (Å²) in [6, 6.07) is 13.3. The summed E-state index contributed by atoms with van der Waals surface area (Å²) in [5.41, 5.74) is 3.40. The first-order valence-electron chi connectivity index (χ1n) is 6.73. The van der Waals surface area contributed by atoms with Crippen LogP contribution >= 0.6 is 11.6 Å². The van der Waals surface area contributed by atoms with Crippen LogP contribution in [-0.4, -0.2) is 27.3 Å². The fourth-order valence-electron chi connectivity index (χ4n) is 2.94. The third-order valence-electron chi connectivity index (χ3n) is 3.91. The second kappa shape index (κ2) is 5.89. The lowest BCUT2D eigenvalue weighted by Crippen LogP contribution is -2.31. The van der Waals surface area contributed by atoms with Crippen LogP contribution in [0, 0.1) is 0 Å². The third kappa shape index (κ3) is 2.90. The van der Waals surface area contributed by atoms with Gasteiger partial charge in [0.2, 0.25) is 0 Å². The lowest BCUT2D eigenvalue weighted by molar-refractivity contribution is 0.295. The Morgan fingerprint density at radius 1 is 1.29 bits per heavy atom. The summed E-state index contributed by atoms with van der Waals surface area (Å²) in [5, 5.41) is 0.783. The van der Waals surface area contributed by atoms with E-state index in [1.165, 1.54) is 5.56 Å². The van der Waals surface area contributed by atoms with Gasteiger partial charge in [-0.25, -0.2) is 4.21 Å². The molecule has 1 N–H and O–H groups in total. The van der Waals surface area contributed by atoms with Crippen molar-refractivity contribution in [2.45, 2.75) is 17.4 Å². The molecule has 0 spiro atoms. The van der Waals surface area contributed by atoms with E-state index in [-0.39, 0.29) is 5.92 Å². The quantitative estimate of drug-likeness (QED) is 0.861. The molecule has 110 valence electrons. The molecule has 0 saturated heterocycles. The number of halogens is 1. The summed E-state index contributed by atoms with van der Waals surface area (Å²) in [5.74, 6) is 0.168. The molecule has 5 heteroatoms. The molecule has 0 amide bonds. The van der Waals surface area contributed by atoms with Crippen LogP contribution in [0.2, 0.25) is 5.02 Å². The molecule has 2 unspecified atom stereocenters. The van der Waals surface area contributed by atoms with Gasteiger partial charge in [-0.1, -0.05) is 35.9 Å². The van der Waals surface area contributed by atoms with E-state index in [9.17, 15) is 8.76 Å². The summed E-state index contributed by atoms with van der Waals surface area (Å²) in [6.07, 6.45) is 0. The van der Waals surface area contributed by atoms with Crippen LogP contribution in [0.25, 0.3) is 0 Å². The Hall–Kier alpha value is -1.20. The molecule has 0 bridgehead atoms. The van der Waals surface area contributed by atoms with Gasteiger partial charge in [0.1, 0.15) is 0 Å². The molecule has 0 aliphatic carbocycles. The average molecular weight is 322 g/mol. The molecular weight excluding hydrogens is 306 g/mol. The Morgan fingerprint density at radius 2 is 2.05 bits per heavy atom. The van der Waals surface area contributed by atoms with Gasteiger partial charge in [0, 0.05) is 24.0 Å². The highest BCUT2D eigenvalue weighted by atomic mass is 35.5. The maximum atomic E-state index is 11.3. The van der Waals surface area contributed by atoms with E-state index in [4.69, 9.17) is 11.6 Å². The van der Waals surface area contributed by atoms with Gasteiger partial charge in [-0.2, -0.15) is 0 Å². The monoisotopic (exact) mass is 321 g/mol. The van der Waals surface area contributed by atoms with Crippen molar-refractivity contribution in [3.8, 4) is 0 Å². The highest BCUT2D eigenvalue weighted by Crippen LogP contribution is 2.36. The standard InChI is InChI=1S/C16H16ClNO2S/c1-18-9-14(11-4-2-5-12(8-11)21(19)20)13-6-3-7-16(17)15(13)10-18/h2-8,14H,9-10H2,1H3,(H,19,20). The number of hydrogen-bond acceptors (Lipinski definition) is 2. The van der Waals surface area contributed by atoms with Crippen molar-refractivity contribution in [1.29, 1.82) is 0 Å². The van der Waals surface area contributed by atoms with Gasteiger partial charge in [-0.15, -0.1) is 0 Å². The highest BCUT2D eigenvalue weighted by molar-refractivity contribution is 7.79. The molecular formula is C16H16ClNO2S. The molecule has 2 aromatic carbocycles. The molecule has 1 aliphatic heterocycles. The predicted molar refractivity (Wildman–Crippen MR) is 85.1 cm³/mol. The first kappa shape index (κ1) is 14.7. The molecule has 0 radical (unpaired) electrons. The van der Waals surface area contributed by atoms with E-state index in [0.29, 0.717) is 4.90 Å². The number of fused-ring (bicyclic) bond motifs is 1. The van der Waals surface area contributed by atoms with Gasteiger partial charge in [0.05, 0.1) is 4.90 Å². The first-order chi connectivity index (χ1) is 10.1. The first-order valence-corrected chi connectivity index (χ1v) is 8.21. The maximum absolute atomic E-state index is 11.3. The minimum Gasteiger partial charge on any atom is -0.302 e. The molecule has 2 atom stereocenters. The van der Waals surface area contributed by atoms with Crippen molar-refractivity contribution in [1.82, 2.24) is 4.90 Å². The van der Waals surface area contributed by atoms with Crippen LogP contribution in [0.4, 0.5) is 0 Å². The fourth-order valence-corrected chi connectivity index (χ4v) is 3.61. The van der Waals surface area contributed by atoms with Gasteiger partial charge in [-0.3, -0.25) is 0 Å². The largest absolute Gasteiger partial charge is 0.302 e. The van der Waals surface area contributed by atoms with E-state index < -0.39 is 11.1 Å². The zero-order chi connectivity index (χ0) is 15.0. The topological polar surface area (TPSA) is 40.5 Å². The molecule has 1 heterocycles. The van der Waals surface area contributed by atoms with Crippen LogP contribution < -0.4 is 0 Å². The number of likely N-dealkylation sites (N-methyl/N-ethyl adjacent to an activating group) is 1. The van der Waals surface area contributed by atoms with E-state index in [1.807, 2.05) is 30.3 Å². The predicted octanol–water partition coefficient (Wildman–Crippen LogP) is 3.50. The zero-order valence-electron chi connectivity index (χ0n) is 11.6. The van der Waals surface area contributed by atoms with Crippen LogP contribution in [0.3, 0.4) is 0 Å². The van der Waals surface area contributed by atoms with Gasteiger partial charge in [-0.05, 0) is 41.9 Å². The Bertz CT molecular complexity index is 704. The lowest BCUT2D eigenvalue weighted by Gasteiger charge is -2.33. The molecule has 1 aliphatic rings. The fraction of sp³-hybridized carbons (Fsp3) is 0.250. The molecule has 0 saturated carbocycles. The molecule has 21 heavy (non-hydrogen) atoms. The maximum Gasteiger partial charge on any atom is 0.186 e. The zero-order valence-corrected chi connectivity index (χ0v) is 13.2. The Labute approximate surface area is 131 Å². The van der Waals surface area contributed by atoms with E-state index in [1.54, 1.807) is 6.07 Å². The van der Waals surface area contributed by atoms with Gasteiger partial charge in [0.25, 0.3) is 0 Å². The lowest BCUT2D eigenvalue weighted by atomic mass is 9.85. The molecule has 0 fully saturated rings. The average Bonchev–Trinajstić information content (AvgIpc) is 2.47. The van der Waals surface area contributed by atoms with Crippen LogP contribution in [-0.2, 0) is 17.6 Å². The second-order valence-electron chi connectivity index (χ2n) is 5.38. The summed E-state index contributed by atoms with van der Waals surface area (Å²) < 4.78 is 20.6. The Morgan fingerprint density at radius 3 is 2.81 bits per heavy atom. The molecule has 3 nitrogen and oxygen atoms in total. The van der Waals surface area contributed by atoms with Crippen molar-refractivity contribution in [2.75, 3.05) is 13.6 Å². The highest BCUT2D eigenvalue weighted by Gasteiger charge is 2.26. The van der Waals surface area contributed by atoms with Crippen LogP contribution in [0.5, 0.6) is 0 Å². The summed E-state index contributed by atoms with van der Waals surface area (Å²) in [6.45, 7) is 1.70. The van der Waals surface area contributed by atoms with E-state index in [2.05, 4.69) is 18.0 Å². The van der Waals surface area contributed by atoms with Crippen molar-refractivity contribution in [3.05, 3.63) is 64.2 Å². The van der Waals surface area contributed by atoms with Crippen LogP contribution in [0.1, 0.15) is 22.6 Å². The Balaban J connectivity index is 2.09. The smallest absolute Gasteiger partial charge is 0.186 e. The summed E-state index contributed by atoms with van der Waals surface area (Å²) in [7, 11) is 2.06. The number of nitrogens with zero attached hydrogens (tertiary/aromatic N) is 1. The van der Waals surface area contributed by atoms with Crippen molar-refractivity contribution in [3.63, 3.8) is 0 Å². The third-order valence-corrected chi connectivity index (χ3v) is 4.93. The molecule has 0 aromatic heterocycles.